The van der Waals surface area contributed by atoms with Gasteiger partial charge in [-0.15, -0.1) is 0 Å². The molecule has 0 aromatic heterocycles. The molecule has 0 aromatic carbocycles. The molecule has 1 rings (SSSR count). The van der Waals surface area contributed by atoms with E-state index in [1.165, 1.54) is 0 Å². The first-order valence-corrected chi connectivity index (χ1v) is 6.67. The molecule has 18 heavy (non-hydrogen) atoms. The molecule has 0 radical (unpaired) electrons. The summed E-state index contributed by atoms with van der Waals surface area (Å²) >= 11 is 0. The maximum absolute atomic E-state index is 11.6. The average molecular weight is 256 g/mol. The second-order valence-corrected chi connectivity index (χ2v) is 5.56. The van der Waals surface area contributed by atoms with Crippen molar-refractivity contribution in [2.45, 2.75) is 52.5 Å². The fourth-order valence-corrected chi connectivity index (χ4v) is 1.97. The highest BCUT2D eigenvalue weighted by Gasteiger charge is 2.50. The van der Waals surface area contributed by atoms with Crippen molar-refractivity contribution in [2.24, 2.45) is 11.3 Å². The van der Waals surface area contributed by atoms with E-state index in [9.17, 15) is 9.59 Å². The molecule has 2 amide bonds. The molecule has 0 heterocycles. The monoisotopic (exact) mass is 256 g/mol. The van der Waals surface area contributed by atoms with Crippen LogP contribution in [0.5, 0.6) is 0 Å². The zero-order chi connectivity index (χ0) is 13.8. The second-order valence-electron chi connectivity index (χ2n) is 5.56. The zero-order valence-corrected chi connectivity index (χ0v) is 11.5. The first-order valence-electron chi connectivity index (χ1n) is 6.67. The third-order valence-electron chi connectivity index (χ3n) is 3.72. The van der Waals surface area contributed by atoms with Gasteiger partial charge in [-0.25, -0.2) is 4.79 Å². The summed E-state index contributed by atoms with van der Waals surface area (Å²) in [4.78, 5) is 22.5. The Morgan fingerprint density at radius 3 is 2.39 bits per heavy atom. The first kappa shape index (κ1) is 14.8. The molecule has 1 aliphatic rings. The summed E-state index contributed by atoms with van der Waals surface area (Å²) < 4.78 is 0. The van der Waals surface area contributed by atoms with Crippen LogP contribution < -0.4 is 10.6 Å². The number of carbonyl (C=O) groups excluding carboxylic acids is 1. The van der Waals surface area contributed by atoms with Crippen LogP contribution in [0, 0.1) is 11.3 Å². The molecule has 1 aliphatic carbocycles. The molecular weight excluding hydrogens is 232 g/mol. The van der Waals surface area contributed by atoms with Gasteiger partial charge in [0, 0.05) is 12.6 Å². The largest absolute Gasteiger partial charge is 0.481 e. The molecular formula is C13H24N2O3. The molecule has 0 aliphatic heterocycles. The maximum atomic E-state index is 11.6. The van der Waals surface area contributed by atoms with Crippen molar-refractivity contribution < 1.29 is 14.7 Å². The van der Waals surface area contributed by atoms with Gasteiger partial charge in [-0.2, -0.15) is 0 Å². The molecule has 2 atom stereocenters. The zero-order valence-electron chi connectivity index (χ0n) is 11.5. The van der Waals surface area contributed by atoms with Gasteiger partial charge >= 0.3 is 12.0 Å². The van der Waals surface area contributed by atoms with Crippen LogP contribution in [0.4, 0.5) is 4.79 Å². The number of rotatable bonds is 7. The molecule has 1 fully saturated rings. The van der Waals surface area contributed by atoms with Crippen molar-refractivity contribution in [1.82, 2.24) is 10.6 Å². The molecule has 104 valence electrons. The number of carbonyl (C=O) groups is 2. The normalized spacial score (nSPS) is 19.7. The van der Waals surface area contributed by atoms with Crippen molar-refractivity contribution >= 4 is 12.0 Å². The van der Waals surface area contributed by atoms with Crippen molar-refractivity contribution in [3.05, 3.63) is 0 Å². The van der Waals surface area contributed by atoms with E-state index in [1.54, 1.807) is 0 Å². The van der Waals surface area contributed by atoms with Crippen LogP contribution in [-0.4, -0.2) is 29.7 Å². The van der Waals surface area contributed by atoms with Crippen LogP contribution in [0.25, 0.3) is 0 Å². The van der Waals surface area contributed by atoms with Crippen molar-refractivity contribution in [3.63, 3.8) is 0 Å². The number of nitrogens with one attached hydrogen (secondary N) is 2. The van der Waals surface area contributed by atoms with E-state index in [4.69, 9.17) is 5.11 Å². The number of hydrogen-bond acceptors (Lipinski definition) is 2. The Labute approximate surface area is 108 Å². The summed E-state index contributed by atoms with van der Waals surface area (Å²) in [5.74, 6) is -0.232. The second kappa shape index (κ2) is 6.07. The van der Waals surface area contributed by atoms with E-state index < -0.39 is 11.4 Å². The Hall–Kier alpha value is -1.26. The van der Waals surface area contributed by atoms with Crippen molar-refractivity contribution in [2.75, 3.05) is 6.54 Å². The molecule has 0 saturated heterocycles. The van der Waals surface area contributed by atoms with Crippen molar-refractivity contribution in [3.8, 4) is 0 Å². The van der Waals surface area contributed by atoms with Crippen molar-refractivity contribution in [1.29, 1.82) is 0 Å². The molecule has 0 aromatic rings. The third kappa shape index (κ3) is 4.20. The van der Waals surface area contributed by atoms with Gasteiger partial charge in [0.05, 0.1) is 5.41 Å². The summed E-state index contributed by atoms with van der Waals surface area (Å²) in [6.45, 7) is 6.47. The van der Waals surface area contributed by atoms with E-state index in [1.807, 2.05) is 6.92 Å². The fraction of sp³-hybridized carbons (Fsp3) is 0.846. The van der Waals surface area contributed by atoms with E-state index in [0.29, 0.717) is 18.8 Å². The Morgan fingerprint density at radius 2 is 1.94 bits per heavy atom. The number of hydrogen-bond donors (Lipinski definition) is 3. The molecule has 5 heteroatoms. The van der Waals surface area contributed by atoms with E-state index in [2.05, 4.69) is 24.5 Å². The predicted octanol–water partition coefficient (Wildman–Crippen LogP) is 1.98. The molecule has 2 unspecified atom stereocenters. The van der Waals surface area contributed by atoms with E-state index in [-0.39, 0.29) is 18.6 Å². The molecule has 5 nitrogen and oxygen atoms in total. The minimum absolute atomic E-state index is 0.111. The minimum Gasteiger partial charge on any atom is -0.481 e. The third-order valence-corrected chi connectivity index (χ3v) is 3.72. The van der Waals surface area contributed by atoms with Crippen LogP contribution in [0.1, 0.15) is 46.5 Å². The smallest absolute Gasteiger partial charge is 0.315 e. The summed E-state index contributed by atoms with van der Waals surface area (Å²) in [6, 6.07) is -0.154. The summed E-state index contributed by atoms with van der Waals surface area (Å²) in [5, 5.41) is 14.5. The van der Waals surface area contributed by atoms with Gasteiger partial charge in [0.1, 0.15) is 0 Å². The van der Waals surface area contributed by atoms with Crippen LogP contribution in [0.2, 0.25) is 0 Å². The molecule has 1 saturated carbocycles. The van der Waals surface area contributed by atoms with Gasteiger partial charge < -0.3 is 15.7 Å². The quantitative estimate of drug-likeness (QED) is 0.651. The van der Waals surface area contributed by atoms with E-state index in [0.717, 1.165) is 12.8 Å². The molecule has 3 N–H and O–H groups in total. The number of amides is 2. The van der Waals surface area contributed by atoms with Crippen LogP contribution in [0.3, 0.4) is 0 Å². The summed E-state index contributed by atoms with van der Waals surface area (Å²) in [5.41, 5.74) is -0.697. The van der Waals surface area contributed by atoms with Crippen LogP contribution in [-0.2, 0) is 4.79 Å². The Balaban J connectivity index is 2.23. The average Bonchev–Trinajstić information content (AvgIpc) is 3.07. The van der Waals surface area contributed by atoms with E-state index >= 15 is 0 Å². The van der Waals surface area contributed by atoms with Gasteiger partial charge in [-0.05, 0) is 32.1 Å². The molecule has 0 spiro atoms. The van der Waals surface area contributed by atoms with Gasteiger partial charge in [0.15, 0.2) is 0 Å². The number of urea groups is 1. The Bertz CT molecular complexity index is 313. The van der Waals surface area contributed by atoms with Gasteiger partial charge in [0.2, 0.25) is 0 Å². The fourth-order valence-electron chi connectivity index (χ4n) is 1.97. The topological polar surface area (TPSA) is 78.4 Å². The van der Waals surface area contributed by atoms with Gasteiger partial charge in [-0.3, -0.25) is 4.79 Å². The Morgan fingerprint density at radius 1 is 1.33 bits per heavy atom. The van der Waals surface area contributed by atoms with Crippen LogP contribution in [0.15, 0.2) is 0 Å². The lowest BCUT2D eigenvalue weighted by Gasteiger charge is -2.19. The highest BCUT2D eigenvalue weighted by atomic mass is 16.4. The van der Waals surface area contributed by atoms with Gasteiger partial charge in [-0.1, -0.05) is 20.3 Å². The van der Waals surface area contributed by atoms with Crippen LogP contribution >= 0.6 is 0 Å². The number of carboxylic acids is 1. The summed E-state index contributed by atoms with van der Waals surface area (Å²) in [6.07, 6.45) is 3.35. The number of aliphatic carboxylic acids is 1. The standard InChI is InChI=1S/C13H24N2O3/c1-4-9(2)7-10(3)15-12(18)14-8-13(5-6-13)11(16)17/h9-10H,4-8H2,1-3H3,(H,16,17)(H2,14,15,18). The highest BCUT2D eigenvalue weighted by Crippen LogP contribution is 2.45. The minimum atomic E-state index is -0.810. The Kier molecular flexibility index (Phi) is 4.99. The lowest BCUT2D eigenvalue weighted by atomic mass is 10.0. The first-order chi connectivity index (χ1) is 8.39. The summed E-state index contributed by atoms with van der Waals surface area (Å²) in [7, 11) is 0. The maximum Gasteiger partial charge on any atom is 0.315 e. The highest BCUT2D eigenvalue weighted by molar-refractivity contribution is 5.80. The lowest BCUT2D eigenvalue weighted by Crippen LogP contribution is -2.44. The number of carboxylic acid groups (broad SMARTS) is 1. The van der Waals surface area contributed by atoms with Gasteiger partial charge in [0.25, 0.3) is 0 Å². The molecule has 0 bridgehead atoms. The predicted molar refractivity (Wildman–Crippen MR) is 69.4 cm³/mol. The lowest BCUT2D eigenvalue weighted by molar-refractivity contribution is -0.143. The SMILES string of the molecule is CCC(C)CC(C)NC(=O)NCC1(C(=O)O)CC1.